The molecule has 0 unspecified atom stereocenters. The molecule has 0 aliphatic carbocycles. The van der Waals surface area contributed by atoms with Crippen LogP contribution in [0.2, 0.25) is 0 Å². The van der Waals surface area contributed by atoms with Gasteiger partial charge in [0.05, 0.1) is 22.6 Å². The van der Waals surface area contributed by atoms with Gasteiger partial charge in [0.25, 0.3) is 5.91 Å². The number of thiophene rings is 1. The number of rotatable bonds is 8. The molecule has 0 bridgehead atoms. The Balaban J connectivity index is 1.89. The number of nitrogens with one attached hydrogen (secondary N) is 1. The molecule has 10 heteroatoms. The van der Waals surface area contributed by atoms with E-state index in [1.54, 1.807) is 30.6 Å². The van der Waals surface area contributed by atoms with Gasteiger partial charge in [0, 0.05) is 18.5 Å². The highest BCUT2D eigenvalue weighted by atomic mass is 32.2. The maximum atomic E-state index is 12.8. The standard InChI is InChI=1S/C19H21N3O4S3/c1-4-22(5-2)29(24,25)13-8-9-16(26-3)14(11-13)20-18(23)15-12-28-19(21-15)17-7-6-10-27-17/h6-12H,4-5H2,1-3H3,(H,20,23). The molecule has 3 rings (SSSR count). The molecule has 1 N–H and O–H groups in total. The van der Waals surface area contributed by atoms with E-state index in [4.69, 9.17) is 4.74 Å². The van der Waals surface area contributed by atoms with Crippen LogP contribution in [0, 0.1) is 0 Å². The number of ether oxygens (including phenoxy) is 1. The molecule has 29 heavy (non-hydrogen) atoms. The van der Waals surface area contributed by atoms with E-state index >= 15 is 0 Å². The number of aromatic nitrogens is 1. The Morgan fingerprint density at radius 1 is 1.21 bits per heavy atom. The summed E-state index contributed by atoms with van der Waals surface area (Å²) >= 11 is 2.93. The lowest BCUT2D eigenvalue weighted by Crippen LogP contribution is -2.30. The summed E-state index contributed by atoms with van der Waals surface area (Å²) in [6.45, 7) is 4.27. The minimum absolute atomic E-state index is 0.0925. The number of anilines is 1. The average Bonchev–Trinajstić information content (AvgIpc) is 3.40. The van der Waals surface area contributed by atoms with Crippen LogP contribution in [0.3, 0.4) is 0 Å². The molecule has 0 aliphatic heterocycles. The fourth-order valence-corrected chi connectivity index (χ4v) is 5.83. The van der Waals surface area contributed by atoms with Crippen molar-refractivity contribution in [2.24, 2.45) is 0 Å². The molecule has 1 amide bonds. The van der Waals surface area contributed by atoms with Gasteiger partial charge < -0.3 is 10.1 Å². The summed E-state index contributed by atoms with van der Waals surface area (Å²) in [6, 6.07) is 8.28. The molecular weight excluding hydrogens is 430 g/mol. The summed E-state index contributed by atoms with van der Waals surface area (Å²) in [5.41, 5.74) is 0.536. The van der Waals surface area contributed by atoms with E-state index in [-0.39, 0.29) is 16.3 Å². The number of carbonyl (C=O) groups is 1. The van der Waals surface area contributed by atoms with E-state index in [0.29, 0.717) is 18.8 Å². The number of hydrogen-bond acceptors (Lipinski definition) is 7. The van der Waals surface area contributed by atoms with Gasteiger partial charge in [-0.3, -0.25) is 4.79 Å². The number of thiazole rings is 1. The summed E-state index contributed by atoms with van der Waals surface area (Å²) in [7, 11) is -2.20. The topological polar surface area (TPSA) is 88.6 Å². The summed E-state index contributed by atoms with van der Waals surface area (Å²) in [5.74, 6) is -0.0645. The van der Waals surface area contributed by atoms with E-state index in [1.807, 2.05) is 17.5 Å². The number of methoxy groups -OCH3 is 1. The van der Waals surface area contributed by atoms with E-state index < -0.39 is 15.9 Å². The van der Waals surface area contributed by atoms with E-state index in [9.17, 15) is 13.2 Å². The van der Waals surface area contributed by atoms with E-state index in [2.05, 4.69) is 10.3 Å². The van der Waals surface area contributed by atoms with Gasteiger partial charge in [0.1, 0.15) is 16.5 Å². The minimum atomic E-state index is -3.66. The summed E-state index contributed by atoms with van der Waals surface area (Å²) < 4.78 is 32.2. The van der Waals surface area contributed by atoms with Crippen molar-refractivity contribution in [3.05, 3.63) is 46.8 Å². The van der Waals surface area contributed by atoms with Crippen molar-refractivity contribution in [2.75, 3.05) is 25.5 Å². The van der Waals surface area contributed by atoms with Gasteiger partial charge in [0.15, 0.2) is 0 Å². The molecule has 3 aromatic rings. The van der Waals surface area contributed by atoms with Crippen molar-refractivity contribution in [3.8, 4) is 15.6 Å². The Morgan fingerprint density at radius 2 is 1.97 bits per heavy atom. The molecule has 0 saturated heterocycles. The van der Waals surface area contributed by atoms with Crippen LogP contribution in [-0.2, 0) is 10.0 Å². The third-order valence-electron chi connectivity index (χ3n) is 4.23. The van der Waals surface area contributed by atoms with Crippen molar-refractivity contribution in [1.29, 1.82) is 0 Å². The van der Waals surface area contributed by atoms with Crippen LogP contribution in [0.15, 0.2) is 46.0 Å². The zero-order chi connectivity index (χ0) is 21.0. The molecule has 0 atom stereocenters. The molecule has 7 nitrogen and oxygen atoms in total. The molecule has 2 aromatic heterocycles. The number of nitrogens with zero attached hydrogens (tertiary/aromatic N) is 2. The second-order valence-electron chi connectivity index (χ2n) is 5.92. The lowest BCUT2D eigenvalue weighted by Gasteiger charge is -2.19. The van der Waals surface area contributed by atoms with Crippen molar-refractivity contribution in [2.45, 2.75) is 18.7 Å². The second kappa shape index (κ2) is 9.04. The number of benzene rings is 1. The van der Waals surface area contributed by atoms with Gasteiger partial charge in [-0.15, -0.1) is 22.7 Å². The average molecular weight is 452 g/mol. The van der Waals surface area contributed by atoms with Gasteiger partial charge in [-0.25, -0.2) is 13.4 Å². The van der Waals surface area contributed by atoms with Gasteiger partial charge in [-0.05, 0) is 29.6 Å². The fourth-order valence-electron chi connectivity index (χ4n) is 2.74. The lowest BCUT2D eigenvalue weighted by atomic mass is 10.3. The number of sulfonamides is 1. The molecule has 0 saturated carbocycles. The van der Waals surface area contributed by atoms with Crippen LogP contribution in [0.25, 0.3) is 9.88 Å². The molecule has 0 fully saturated rings. The molecule has 0 aliphatic rings. The highest BCUT2D eigenvalue weighted by Gasteiger charge is 2.23. The van der Waals surface area contributed by atoms with Crippen molar-refractivity contribution < 1.29 is 17.9 Å². The molecule has 0 spiro atoms. The smallest absolute Gasteiger partial charge is 0.275 e. The van der Waals surface area contributed by atoms with Gasteiger partial charge in [-0.1, -0.05) is 19.9 Å². The monoisotopic (exact) mass is 451 g/mol. The zero-order valence-corrected chi connectivity index (χ0v) is 18.7. The Bertz CT molecular complexity index is 1090. The maximum Gasteiger partial charge on any atom is 0.275 e. The van der Waals surface area contributed by atoms with Crippen LogP contribution >= 0.6 is 22.7 Å². The number of amides is 1. The lowest BCUT2D eigenvalue weighted by molar-refractivity contribution is 0.102. The third-order valence-corrected chi connectivity index (χ3v) is 8.16. The molecule has 0 radical (unpaired) electrons. The fraction of sp³-hybridized carbons (Fsp3) is 0.263. The normalized spacial score (nSPS) is 11.6. The summed E-state index contributed by atoms with van der Waals surface area (Å²) in [5, 5.41) is 7.11. The van der Waals surface area contributed by atoms with Gasteiger partial charge >= 0.3 is 0 Å². The van der Waals surface area contributed by atoms with Crippen LogP contribution in [0.1, 0.15) is 24.3 Å². The predicted octanol–water partition coefficient (Wildman–Crippen LogP) is 4.16. The minimum Gasteiger partial charge on any atom is -0.495 e. The quantitative estimate of drug-likeness (QED) is 0.555. The van der Waals surface area contributed by atoms with Crippen LogP contribution in [0.5, 0.6) is 5.75 Å². The molecule has 1 aromatic carbocycles. The van der Waals surface area contributed by atoms with Crippen molar-refractivity contribution in [1.82, 2.24) is 9.29 Å². The van der Waals surface area contributed by atoms with E-state index in [1.165, 1.54) is 41.0 Å². The SMILES string of the molecule is CCN(CC)S(=O)(=O)c1ccc(OC)c(NC(=O)c2csc(-c3cccs3)n2)c1. The van der Waals surface area contributed by atoms with Gasteiger partial charge in [-0.2, -0.15) is 4.31 Å². The molecular formula is C19H21N3O4S3. The van der Waals surface area contributed by atoms with Gasteiger partial charge in [0.2, 0.25) is 10.0 Å². The van der Waals surface area contributed by atoms with Crippen LogP contribution in [0.4, 0.5) is 5.69 Å². The first-order chi connectivity index (χ1) is 13.9. The molecule has 154 valence electrons. The number of carbonyl (C=O) groups excluding carboxylic acids is 1. The Labute approximate surface area is 178 Å². The van der Waals surface area contributed by atoms with Crippen LogP contribution < -0.4 is 10.1 Å². The molecule has 2 heterocycles. The number of hydrogen-bond donors (Lipinski definition) is 1. The second-order valence-corrected chi connectivity index (χ2v) is 9.66. The predicted molar refractivity (Wildman–Crippen MR) is 116 cm³/mol. The highest BCUT2D eigenvalue weighted by Crippen LogP contribution is 2.31. The zero-order valence-electron chi connectivity index (χ0n) is 16.2. The van der Waals surface area contributed by atoms with Crippen molar-refractivity contribution in [3.63, 3.8) is 0 Å². The summed E-state index contributed by atoms with van der Waals surface area (Å²) in [6.07, 6.45) is 0. The van der Waals surface area contributed by atoms with E-state index in [0.717, 1.165) is 9.88 Å². The Kier molecular flexibility index (Phi) is 6.68. The highest BCUT2D eigenvalue weighted by molar-refractivity contribution is 7.89. The first-order valence-corrected chi connectivity index (χ1v) is 12.1. The third kappa shape index (κ3) is 4.50. The Morgan fingerprint density at radius 3 is 2.59 bits per heavy atom. The van der Waals surface area contributed by atoms with Crippen molar-refractivity contribution >= 4 is 44.3 Å². The first kappa shape index (κ1) is 21.4. The largest absolute Gasteiger partial charge is 0.495 e. The summed E-state index contributed by atoms with van der Waals surface area (Å²) in [4.78, 5) is 18.2. The maximum absolute atomic E-state index is 12.8. The van der Waals surface area contributed by atoms with Crippen LogP contribution in [-0.4, -0.2) is 43.8 Å². The first-order valence-electron chi connectivity index (χ1n) is 8.89. The Hall–Kier alpha value is -2.27.